The predicted molar refractivity (Wildman–Crippen MR) is 109 cm³/mol. The highest BCUT2D eigenvalue weighted by Crippen LogP contribution is 2.19. The standard InChI is InChI=1S/C21H31N5O2/c1-15(2)21-22-16(3)12-19(23-21)26-10-8-25(9-11-26)14-20(27)24(5)13-18-7-6-17(4)28-18/h6-7,12,15H,8-11,13-14H2,1-5H3. The number of carbonyl (C=O) groups is 1. The Balaban J connectivity index is 1.52. The zero-order valence-corrected chi connectivity index (χ0v) is 17.6. The zero-order valence-electron chi connectivity index (χ0n) is 17.6. The summed E-state index contributed by atoms with van der Waals surface area (Å²) in [5.41, 5.74) is 1.00. The topological polar surface area (TPSA) is 65.7 Å². The highest BCUT2D eigenvalue weighted by molar-refractivity contribution is 5.78. The van der Waals surface area contributed by atoms with Crippen LogP contribution in [-0.4, -0.2) is 65.4 Å². The van der Waals surface area contributed by atoms with E-state index in [0.29, 0.717) is 19.0 Å². The molecule has 0 aliphatic carbocycles. The number of aromatic nitrogens is 2. The number of amides is 1. The maximum atomic E-state index is 12.5. The first kappa shape index (κ1) is 20.3. The van der Waals surface area contributed by atoms with Gasteiger partial charge in [0.1, 0.15) is 23.2 Å². The van der Waals surface area contributed by atoms with Gasteiger partial charge in [0.05, 0.1) is 13.1 Å². The first-order valence-corrected chi connectivity index (χ1v) is 9.94. The molecule has 28 heavy (non-hydrogen) atoms. The van der Waals surface area contributed by atoms with Gasteiger partial charge in [-0.3, -0.25) is 9.69 Å². The first-order valence-electron chi connectivity index (χ1n) is 9.94. The van der Waals surface area contributed by atoms with Crippen LogP contribution in [0.1, 0.15) is 42.8 Å². The lowest BCUT2D eigenvalue weighted by molar-refractivity contribution is -0.132. The molecule has 0 N–H and O–H groups in total. The molecule has 0 saturated carbocycles. The molecule has 0 aromatic carbocycles. The van der Waals surface area contributed by atoms with Crippen LogP contribution in [0.4, 0.5) is 5.82 Å². The molecule has 7 nitrogen and oxygen atoms in total. The van der Waals surface area contributed by atoms with Crippen molar-refractivity contribution in [2.75, 3.05) is 44.7 Å². The Morgan fingerprint density at radius 2 is 1.89 bits per heavy atom. The van der Waals surface area contributed by atoms with Crippen molar-refractivity contribution in [3.8, 4) is 0 Å². The molecule has 3 heterocycles. The molecule has 2 aromatic rings. The van der Waals surface area contributed by atoms with E-state index in [1.807, 2.05) is 39.1 Å². The largest absolute Gasteiger partial charge is 0.464 e. The summed E-state index contributed by atoms with van der Waals surface area (Å²) in [6.07, 6.45) is 0. The zero-order chi connectivity index (χ0) is 20.3. The molecular formula is C21H31N5O2. The number of anilines is 1. The third-order valence-electron chi connectivity index (χ3n) is 5.04. The fourth-order valence-corrected chi connectivity index (χ4v) is 3.33. The average molecular weight is 386 g/mol. The fourth-order valence-electron chi connectivity index (χ4n) is 3.33. The second-order valence-corrected chi connectivity index (χ2v) is 7.91. The predicted octanol–water partition coefficient (Wildman–Crippen LogP) is 2.59. The Labute approximate surface area is 167 Å². The summed E-state index contributed by atoms with van der Waals surface area (Å²) in [6.45, 7) is 12.5. The maximum absolute atomic E-state index is 12.5. The van der Waals surface area contributed by atoms with Gasteiger partial charge in [-0.1, -0.05) is 13.8 Å². The molecule has 0 radical (unpaired) electrons. The van der Waals surface area contributed by atoms with Crippen LogP contribution < -0.4 is 4.90 Å². The van der Waals surface area contributed by atoms with E-state index in [2.05, 4.69) is 28.6 Å². The number of rotatable bonds is 6. The van der Waals surface area contributed by atoms with Crippen molar-refractivity contribution in [3.63, 3.8) is 0 Å². The van der Waals surface area contributed by atoms with Gasteiger partial charge in [-0.15, -0.1) is 0 Å². The lowest BCUT2D eigenvalue weighted by Crippen LogP contribution is -2.50. The molecule has 1 fully saturated rings. The minimum absolute atomic E-state index is 0.113. The van der Waals surface area contributed by atoms with Gasteiger partial charge in [0.25, 0.3) is 0 Å². The van der Waals surface area contributed by atoms with E-state index in [0.717, 1.165) is 55.0 Å². The summed E-state index contributed by atoms with van der Waals surface area (Å²) in [7, 11) is 1.83. The Kier molecular flexibility index (Phi) is 6.34. The van der Waals surface area contributed by atoms with Crippen LogP contribution in [0, 0.1) is 13.8 Å². The second kappa shape index (κ2) is 8.73. The van der Waals surface area contributed by atoms with E-state index in [9.17, 15) is 4.79 Å². The summed E-state index contributed by atoms with van der Waals surface area (Å²) in [4.78, 5) is 28.0. The summed E-state index contributed by atoms with van der Waals surface area (Å²) in [5, 5.41) is 0. The number of furan rings is 1. The van der Waals surface area contributed by atoms with Crippen molar-refractivity contribution in [2.24, 2.45) is 0 Å². The maximum Gasteiger partial charge on any atom is 0.236 e. The van der Waals surface area contributed by atoms with Crippen molar-refractivity contribution in [1.29, 1.82) is 0 Å². The first-order chi connectivity index (χ1) is 13.3. The molecule has 0 atom stereocenters. The van der Waals surface area contributed by atoms with E-state index in [4.69, 9.17) is 9.40 Å². The van der Waals surface area contributed by atoms with Gasteiger partial charge < -0.3 is 14.2 Å². The van der Waals surface area contributed by atoms with Gasteiger partial charge >= 0.3 is 0 Å². The van der Waals surface area contributed by atoms with E-state index in [1.165, 1.54) is 0 Å². The Morgan fingerprint density at radius 1 is 1.18 bits per heavy atom. The molecule has 2 aromatic heterocycles. The van der Waals surface area contributed by atoms with Crippen LogP contribution in [0.2, 0.25) is 0 Å². The molecule has 0 spiro atoms. The van der Waals surface area contributed by atoms with Gasteiger partial charge in [0.15, 0.2) is 0 Å². The SMILES string of the molecule is Cc1cc(N2CCN(CC(=O)N(C)Cc3ccc(C)o3)CC2)nc(C(C)C)n1. The number of hydrogen-bond acceptors (Lipinski definition) is 6. The summed E-state index contributed by atoms with van der Waals surface area (Å²) in [6, 6.07) is 5.89. The van der Waals surface area contributed by atoms with Crippen LogP contribution in [0.3, 0.4) is 0 Å². The number of nitrogens with zero attached hydrogens (tertiary/aromatic N) is 5. The fraction of sp³-hybridized carbons (Fsp3) is 0.571. The van der Waals surface area contributed by atoms with Crippen LogP contribution >= 0.6 is 0 Å². The molecule has 1 saturated heterocycles. The van der Waals surface area contributed by atoms with Crippen molar-refractivity contribution >= 4 is 11.7 Å². The van der Waals surface area contributed by atoms with Crippen LogP contribution in [0.5, 0.6) is 0 Å². The third kappa shape index (κ3) is 5.10. The molecule has 152 valence electrons. The molecule has 1 aliphatic rings. The number of piperazine rings is 1. The Morgan fingerprint density at radius 3 is 2.50 bits per heavy atom. The number of aryl methyl sites for hydroxylation is 2. The monoisotopic (exact) mass is 385 g/mol. The normalized spacial score (nSPS) is 15.3. The number of likely N-dealkylation sites (N-methyl/N-ethyl adjacent to an activating group) is 1. The Bertz CT molecular complexity index is 809. The molecule has 0 unspecified atom stereocenters. The number of carbonyl (C=O) groups excluding carboxylic acids is 1. The summed E-state index contributed by atoms with van der Waals surface area (Å²) < 4.78 is 5.57. The van der Waals surface area contributed by atoms with Crippen molar-refractivity contribution in [2.45, 2.75) is 40.2 Å². The van der Waals surface area contributed by atoms with Gasteiger partial charge in [0.2, 0.25) is 5.91 Å². The summed E-state index contributed by atoms with van der Waals surface area (Å²) >= 11 is 0. The lowest BCUT2D eigenvalue weighted by atomic mass is 10.2. The quantitative estimate of drug-likeness (QED) is 0.762. The van der Waals surface area contributed by atoms with Crippen LogP contribution in [0.25, 0.3) is 0 Å². The molecule has 7 heteroatoms. The van der Waals surface area contributed by atoms with Crippen molar-refractivity contribution in [1.82, 2.24) is 19.8 Å². The van der Waals surface area contributed by atoms with E-state index >= 15 is 0 Å². The summed E-state index contributed by atoms with van der Waals surface area (Å²) in [5.74, 6) is 3.99. The number of hydrogen-bond donors (Lipinski definition) is 0. The van der Waals surface area contributed by atoms with Crippen molar-refractivity contribution in [3.05, 3.63) is 41.2 Å². The van der Waals surface area contributed by atoms with Crippen molar-refractivity contribution < 1.29 is 9.21 Å². The smallest absolute Gasteiger partial charge is 0.236 e. The highest BCUT2D eigenvalue weighted by Gasteiger charge is 2.22. The molecule has 1 amide bonds. The minimum atomic E-state index is 0.113. The molecule has 1 aliphatic heterocycles. The van der Waals surface area contributed by atoms with E-state index in [1.54, 1.807) is 4.90 Å². The van der Waals surface area contributed by atoms with Crippen LogP contribution in [0.15, 0.2) is 22.6 Å². The second-order valence-electron chi connectivity index (χ2n) is 7.91. The minimum Gasteiger partial charge on any atom is -0.464 e. The lowest BCUT2D eigenvalue weighted by Gasteiger charge is -2.35. The van der Waals surface area contributed by atoms with Gasteiger partial charge in [-0.05, 0) is 26.0 Å². The van der Waals surface area contributed by atoms with E-state index in [-0.39, 0.29) is 5.91 Å². The Hall–Kier alpha value is -2.41. The molecule has 3 rings (SSSR count). The van der Waals surface area contributed by atoms with Crippen LogP contribution in [-0.2, 0) is 11.3 Å². The average Bonchev–Trinajstić information content (AvgIpc) is 3.06. The highest BCUT2D eigenvalue weighted by atomic mass is 16.3. The third-order valence-corrected chi connectivity index (χ3v) is 5.04. The van der Waals surface area contributed by atoms with Gasteiger partial charge in [0, 0.05) is 50.9 Å². The molecular weight excluding hydrogens is 354 g/mol. The van der Waals surface area contributed by atoms with E-state index < -0.39 is 0 Å². The molecule has 0 bridgehead atoms. The van der Waals surface area contributed by atoms with Gasteiger partial charge in [-0.25, -0.2) is 9.97 Å². The van der Waals surface area contributed by atoms with Gasteiger partial charge in [-0.2, -0.15) is 0 Å².